The average molecular weight is 177 g/mol. The molecule has 3 rings (SSSR count). The Morgan fingerprint density at radius 2 is 2.38 bits per heavy atom. The molecule has 3 nitrogen and oxygen atoms in total. The number of hydrogen-bond acceptors (Lipinski definition) is 2. The molecule has 1 heterocycles. The van der Waals surface area contributed by atoms with Crippen LogP contribution in [-0.2, 0) is 6.42 Å². The van der Waals surface area contributed by atoms with Crippen LogP contribution in [0.1, 0.15) is 37.1 Å². The quantitative estimate of drug-likeness (QED) is 0.716. The maximum atomic E-state index is 4.09. The number of aromatic nitrogens is 2. The Bertz CT molecular complexity index is 314. The second-order valence-electron chi connectivity index (χ2n) is 4.40. The Hall–Kier alpha value is -0.830. The van der Waals surface area contributed by atoms with E-state index in [-0.39, 0.29) is 0 Å². The van der Waals surface area contributed by atoms with E-state index in [0.717, 1.165) is 18.4 Å². The van der Waals surface area contributed by atoms with Crippen LogP contribution in [0.15, 0.2) is 6.20 Å². The molecule has 1 saturated carbocycles. The highest BCUT2D eigenvalue weighted by molar-refractivity contribution is 5.28. The zero-order valence-electron chi connectivity index (χ0n) is 7.88. The fourth-order valence-corrected chi connectivity index (χ4v) is 2.26. The van der Waals surface area contributed by atoms with Gasteiger partial charge in [-0.05, 0) is 25.2 Å². The van der Waals surface area contributed by atoms with Gasteiger partial charge in [-0.1, -0.05) is 6.92 Å². The topological polar surface area (TPSA) is 40.7 Å². The van der Waals surface area contributed by atoms with Crippen molar-refractivity contribution in [1.82, 2.24) is 15.5 Å². The molecule has 0 saturated heterocycles. The van der Waals surface area contributed by atoms with E-state index in [9.17, 15) is 0 Å². The number of nitrogens with one attached hydrogen (secondary N) is 2. The molecule has 0 aliphatic heterocycles. The molecule has 2 unspecified atom stereocenters. The molecule has 13 heavy (non-hydrogen) atoms. The van der Waals surface area contributed by atoms with Crippen LogP contribution >= 0.6 is 0 Å². The summed E-state index contributed by atoms with van der Waals surface area (Å²) >= 11 is 0. The van der Waals surface area contributed by atoms with Crippen molar-refractivity contribution in [3.8, 4) is 0 Å². The molecular weight excluding hydrogens is 162 g/mol. The normalized spacial score (nSPS) is 32.1. The number of aromatic amines is 1. The van der Waals surface area contributed by atoms with E-state index in [2.05, 4.69) is 22.4 Å². The Morgan fingerprint density at radius 3 is 3.15 bits per heavy atom. The fraction of sp³-hybridized carbons (Fsp3) is 0.700. The summed E-state index contributed by atoms with van der Waals surface area (Å²) in [4.78, 5) is 0. The fourth-order valence-electron chi connectivity index (χ4n) is 2.26. The van der Waals surface area contributed by atoms with Crippen LogP contribution in [0.5, 0.6) is 0 Å². The second kappa shape index (κ2) is 2.58. The van der Waals surface area contributed by atoms with Crippen molar-refractivity contribution in [2.75, 3.05) is 0 Å². The summed E-state index contributed by atoms with van der Waals surface area (Å²) in [6, 6.07) is 1.34. The van der Waals surface area contributed by atoms with Crippen molar-refractivity contribution >= 4 is 0 Å². The van der Waals surface area contributed by atoms with Gasteiger partial charge < -0.3 is 5.32 Å². The molecule has 0 aromatic carbocycles. The molecule has 2 N–H and O–H groups in total. The minimum atomic E-state index is 0.557. The lowest BCUT2D eigenvalue weighted by Crippen LogP contribution is -2.25. The van der Waals surface area contributed by atoms with Crippen LogP contribution in [0.2, 0.25) is 0 Å². The molecule has 0 spiro atoms. The highest BCUT2D eigenvalue weighted by Crippen LogP contribution is 2.36. The zero-order valence-corrected chi connectivity index (χ0v) is 7.88. The third-order valence-corrected chi connectivity index (χ3v) is 3.17. The molecule has 0 bridgehead atoms. The summed E-state index contributed by atoms with van der Waals surface area (Å²) in [5.41, 5.74) is 2.74. The molecule has 2 atom stereocenters. The number of nitrogens with zero attached hydrogens (tertiary/aromatic N) is 1. The predicted molar refractivity (Wildman–Crippen MR) is 50.4 cm³/mol. The molecule has 1 fully saturated rings. The number of rotatable bonds is 2. The summed E-state index contributed by atoms with van der Waals surface area (Å²) in [6.45, 7) is 2.31. The summed E-state index contributed by atoms with van der Waals surface area (Å²) in [5, 5.41) is 10.9. The van der Waals surface area contributed by atoms with Gasteiger partial charge in [0.05, 0.1) is 6.20 Å². The monoisotopic (exact) mass is 177 g/mol. The maximum Gasteiger partial charge on any atom is 0.0538 e. The van der Waals surface area contributed by atoms with Crippen molar-refractivity contribution in [3.05, 3.63) is 17.5 Å². The number of hydrogen-bond donors (Lipinski definition) is 2. The second-order valence-corrected chi connectivity index (χ2v) is 4.40. The van der Waals surface area contributed by atoms with Gasteiger partial charge in [0.2, 0.25) is 0 Å². The lowest BCUT2D eigenvalue weighted by Gasteiger charge is -2.17. The van der Waals surface area contributed by atoms with Gasteiger partial charge in [0.25, 0.3) is 0 Å². The largest absolute Gasteiger partial charge is 0.307 e. The molecule has 2 aliphatic rings. The molecule has 70 valence electrons. The van der Waals surface area contributed by atoms with Gasteiger partial charge in [-0.15, -0.1) is 0 Å². The van der Waals surface area contributed by atoms with Crippen molar-refractivity contribution in [2.24, 2.45) is 5.92 Å². The maximum absolute atomic E-state index is 4.09. The minimum Gasteiger partial charge on any atom is -0.307 e. The SMILES string of the molecule is CC1Cc2[nH]ncc2C1NC1CC1. The van der Waals surface area contributed by atoms with Gasteiger partial charge in [-0.3, -0.25) is 5.10 Å². The Kier molecular flexibility index (Phi) is 1.50. The summed E-state index contributed by atoms with van der Waals surface area (Å²) in [6.07, 6.45) is 5.85. The van der Waals surface area contributed by atoms with E-state index in [1.807, 2.05) is 6.20 Å². The van der Waals surface area contributed by atoms with E-state index >= 15 is 0 Å². The van der Waals surface area contributed by atoms with Gasteiger partial charge >= 0.3 is 0 Å². The lowest BCUT2D eigenvalue weighted by atomic mass is 10.0. The molecule has 1 aromatic rings. The molecule has 3 heteroatoms. The van der Waals surface area contributed by atoms with Crippen LogP contribution < -0.4 is 5.32 Å². The number of fused-ring (bicyclic) bond motifs is 1. The predicted octanol–water partition coefficient (Wildman–Crippen LogP) is 1.39. The Morgan fingerprint density at radius 1 is 1.54 bits per heavy atom. The van der Waals surface area contributed by atoms with Crippen LogP contribution in [0.25, 0.3) is 0 Å². The van der Waals surface area contributed by atoms with E-state index in [0.29, 0.717) is 6.04 Å². The standard InChI is InChI=1S/C10H15N3/c1-6-4-9-8(5-11-13-9)10(6)12-7-2-3-7/h5-7,10,12H,2-4H2,1H3,(H,11,13). The smallest absolute Gasteiger partial charge is 0.0538 e. The van der Waals surface area contributed by atoms with Crippen LogP contribution in [-0.4, -0.2) is 16.2 Å². The van der Waals surface area contributed by atoms with Crippen molar-refractivity contribution < 1.29 is 0 Å². The van der Waals surface area contributed by atoms with Crippen LogP contribution in [0, 0.1) is 5.92 Å². The van der Waals surface area contributed by atoms with Gasteiger partial charge in [0.1, 0.15) is 0 Å². The van der Waals surface area contributed by atoms with Crippen molar-refractivity contribution in [2.45, 2.75) is 38.3 Å². The molecule has 0 amide bonds. The third kappa shape index (κ3) is 1.18. The Labute approximate surface area is 77.9 Å². The number of H-pyrrole nitrogens is 1. The first kappa shape index (κ1) is 7.56. The Balaban J connectivity index is 1.84. The highest BCUT2D eigenvalue weighted by atomic mass is 15.1. The average Bonchev–Trinajstić information content (AvgIpc) is 2.74. The van der Waals surface area contributed by atoms with E-state index in [1.165, 1.54) is 24.1 Å². The van der Waals surface area contributed by atoms with E-state index in [1.54, 1.807) is 0 Å². The highest BCUT2D eigenvalue weighted by Gasteiger charge is 2.34. The summed E-state index contributed by atoms with van der Waals surface area (Å²) in [5.74, 6) is 0.727. The lowest BCUT2D eigenvalue weighted by molar-refractivity contribution is 0.411. The van der Waals surface area contributed by atoms with Gasteiger partial charge in [-0.25, -0.2) is 0 Å². The van der Waals surface area contributed by atoms with Gasteiger partial charge in [0, 0.05) is 23.3 Å². The van der Waals surface area contributed by atoms with E-state index < -0.39 is 0 Å². The summed E-state index contributed by atoms with van der Waals surface area (Å²) < 4.78 is 0. The first-order valence-electron chi connectivity index (χ1n) is 5.13. The molecule has 2 aliphatic carbocycles. The molecular formula is C10H15N3. The zero-order chi connectivity index (χ0) is 8.84. The first-order valence-corrected chi connectivity index (χ1v) is 5.13. The van der Waals surface area contributed by atoms with Crippen LogP contribution in [0.4, 0.5) is 0 Å². The molecule has 1 aromatic heterocycles. The minimum absolute atomic E-state index is 0.557. The van der Waals surface area contributed by atoms with Gasteiger partial charge in [0.15, 0.2) is 0 Å². The van der Waals surface area contributed by atoms with Crippen molar-refractivity contribution in [1.29, 1.82) is 0 Å². The summed E-state index contributed by atoms with van der Waals surface area (Å²) in [7, 11) is 0. The first-order chi connectivity index (χ1) is 6.34. The molecule has 0 radical (unpaired) electrons. The van der Waals surface area contributed by atoms with Crippen LogP contribution in [0.3, 0.4) is 0 Å². The van der Waals surface area contributed by atoms with Crippen molar-refractivity contribution in [3.63, 3.8) is 0 Å². The van der Waals surface area contributed by atoms with E-state index in [4.69, 9.17) is 0 Å². The van der Waals surface area contributed by atoms with Gasteiger partial charge in [-0.2, -0.15) is 5.10 Å². The third-order valence-electron chi connectivity index (χ3n) is 3.17.